The van der Waals surface area contributed by atoms with Crippen LogP contribution in [0.25, 0.3) is 11.2 Å². The van der Waals surface area contributed by atoms with Gasteiger partial charge >= 0.3 is 0 Å². The Balaban J connectivity index is 1.44. The maximum atomic E-state index is 6.39. The van der Waals surface area contributed by atoms with E-state index in [0.717, 1.165) is 23.3 Å². The van der Waals surface area contributed by atoms with Gasteiger partial charge in [-0.25, -0.2) is 9.97 Å². The average Bonchev–Trinajstić information content (AvgIpc) is 3.44. The maximum Gasteiger partial charge on any atom is 0.222 e. The van der Waals surface area contributed by atoms with Crippen LogP contribution in [0.3, 0.4) is 0 Å². The molecule has 8 heteroatoms. The van der Waals surface area contributed by atoms with Crippen molar-refractivity contribution in [1.82, 2.24) is 19.5 Å². The fourth-order valence-electron chi connectivity index (χ4n) is 5.59. The fourth-order valence-corrected chi connectivity index (χ4v) is 5.59. The Kier molecular flexibility index (Phi) is 5.84. The molecule has 2 fully saturated rings. The van der Waals surface area contributed by atoms with Crippen LogP contribution in [0.15, 0.2) is 36.7 Å². The second kappa shape index (κ2) is 8.66. The normalized spacial score (nSPS) is 29.2. The summed E-state index contributed by atoms with van der Waals surface area (Å²) in [6.07, 6.45) is 2.83. The number of imidazole rings is 1. The Morgan fingerprint density at radius 1 is 1.21 bits per heavy atom. The van der Waals surface area contributed by atoms with Gasteiger partial charge < -0.3 is 24.5 Å². The topological polar surface area (TPSA) is 97.3 Å². The zero-order valence-corrected chi connectivity index (χ0v) is 19.8. The minimum Gasteiger partial charge on any atom is -0.376 e. The van der Waals surface area contributed by atoms with Crippen molar-refractivity contribution in [3.8, 4) is 0 Å². The van der Waals surface area contributed by atoms with E-state index in [4.69, 9.17) is 19.9 Å². The molecule has 2 N–H and O–H groups in total. The molecule has 5 rings (SSSR count). The van der Waals surface area contributed by atoms with Crippen molar-refractivity contribution < 1.29 is 14.2 Å². The van der Waals surface area contributed by atoms with Crippen molar-refractivity contribution in [2.45, 2.75) is 58.7 Å². The van der Waals surface area contributed by atoms with Crippen LogP contribution in [0.2, 0.25) is 0 Å². The molecule has 8 nitrogen and oxygen atoms in total. The molecule has 5 atom stereocenters. The molecule has 1 unspecified atom stereocenters. The van der Waals surface area contributed by atoms with Gasteiger partial charge in [0.2, 0.25) is 5.95 Å². The second-order valence-electron chi connectivity index (χ2n) is 9.88. The Bertz CT molecular complexity index is 1120. The predicted molar refractivity (Wildman–Crippen MR) is 125 cm³/mol. The Labute approximate surface area is 194 Å². The summed E-state index contributed by atoms with van der Waals surface area (Å²) in [5.74, 6) is 0.649. The first-order valence-electron chi connectivity index (χ1n) is 11.7. The van der Waals surface area contributed by atoms with Gasteiger partial charge in [0.25, 0.3) is 0 Å². The zero-order chi connectivity index (χ0) is 23.2. The van der Waals surface area contributed by atoms with Gasteiger partial charge in [-0.1, -0.05) is 37.3 Å². The zero-order valence-electron chi connectivity index (χ0n) is 19.8. The van der Waals surface area contributed by atoms with Crippen LogP contribution in [-0.4, -0.2) is 44.6 Å². The van der Waals surface area contributed by atoms with Crippen molar-refractivity contribution in [2.24, 2.45) is 17.8 Å². The van der Waals surface area contributed by atoms with Gasteiger partial charge in [0.1, 0.15) is 5.52 Å². The number of fused-ring (bicyclic) bond motifs is 1. The van der Waals surface area contributed by atoms with Gasteiger partial charge in [0, 0.05) is 12.0 Å². The van der Waals surface area contributed by atoms with E-state index in [-0.39, 0.29) is 24.0 Å². The standard InChI is InChI=1S/C25H33N5O3/c1-15-10-19(30-14-27-22-16(2)28-24(26)29-23(22)30)21(20-13-32-25(3,4)33-20)18(15)12-31-11-17-8-6-5-7-9-17/h5-9,14-15,18-21H,10-13H2,1-4H3,(H2,26,28,29)/t15-,18+,19-,20?,21-/m0/s1. The first-order valence-corrected chi connectivity index (χ1v) is 11.7. The van der Waals surface area contributed by atoms with E-state index in [1.165, 1.54) is 5.56 Å². The smallest absolute Gasteiger partial charge is 0.222 e. The number of anilines is 1. The van der Waals surface area contributed by atoms with Crippen molar-refractivity contribution in [3.63, 3.8) is 0 Å². The molecule has 0 amide bonds. The third-order valence-electron chi connectivity index (χ3n) is 7.13. The Morgan fingerprint density at radius 3 is 2.73 bits per heavy atom. The van der Waals surface area contributed by atoms with E-state index in [9.17, 15) is 0 Å². The van der Waals surface area contributed by atoms with Crippen molar-refractivity contribution in [3.05, 3.63) is 47.9 Å². The number of nitrogen functional groups attached to an aromatic ring is 1. The quantitative estimate of drug-likeness (QED) is 0.607. The van der Waals surface area contributed by atoms with Crippen LogP contribution in [0.5, 0.6) is 0 Å². The SMILES string of the molecule is Cc1nc(N)nc2c1ncn2[C@H]1C[C@H](C)[C@@H](COCc2ccccc2)[C@@H]1C1COC(C)(C)O1. The third-order valence-corrected chi connectivity index (χ3v) is 7.13. The van der Waals surface area contributed by atoms with Crippen LogP contribution in [0.1, 0.15) is 44.5 Å². The van der Waals surface area contributed by atoms with Gasteiger partial charge in [-0.05, 0) is 44.6 Å². The Hall–Kier alpha value is -2.55. The monoisotopic (exact) mass is 451 g/mol. The second-order valence-corrected chi connectivity index (χ2v) is 9.88. The summed E-state index contributed by atoms with van der Waals surface area (Å²) in [6, 6.07) is 10.5. The molecule has 0 bridgehead atoms. The number of aryl methyl sites for hydroxylation is 1. The van der Waals surface area contributed by atoms with Crippen LogP contribution >= 0.6 is 0 Å². The first kappa shape index (κ1) is 22.3. The number of benzene rings is 1. The number of aromatic nitrogens is 4. The van der Waals surface area contributed by atoms with Gasteiger partial charge in [0.15, 0.2) is 11.4 Å². The van der Waals surface area contributed by atoms with E-state index >= 15 is 0 Å². The highest BCUT2D eigenvalue weighted by molar-refractivity contribution is 5.74. The minimum atomic E-state index is -0.587. The fraction of sp³-hybridized carbons (Fsp3) is 0.560. The lowest BCUT2D eigenvalue weighted by Gasteiger charge is -2.31. The minimum absolute atomic E-state index is 0.0296. The molecule has 3 heterocycles. The molecule has 1 aliphatic carbocycles. The summed E-state index contributed by atoms with van der Waals surface area (Å²) in [4.78, 5) is 13.5. The van der Waals surface area contributed by atoms with E-state index < -0.39 is 5.79 Å². The summed E-state index contributed by atoms with van der Waals surface area (Å²) < 4.78 is 20.8. The number of ether oxygens (including phenoxy) is 3. The number of rotatable bonds is 6. The van der Waals surface area contributed by atoms with Crippen LogP contribution in [0.4, 0.5) is 5.95 Å². The van der Waals surface area contributed by atoms with Crippen LogP contribution in [0, 0.1) is 24.7 Å². The molecule has 176 valence electrons. The summed E-state index contributed by atoms with van der Waals surface area (Å²) in [7, 11) is 0. The lowest BCUT2D eigenvalue weighted by molar-refractivity contribution is -0.149. The average molecular weight is 452 g/mol. The molecule has 0 radical (unpaired) electrons. The molecular weight excluding hydrogens is 418 g/mol. The summed E-state index contributed by atoms with van der Waals surface area (Å²) >= 11 is 0. The number of nitrogens with two attached hydrogens (primary N) is 1. The lowest BCUT2D eigenvalue weighted by atomic mass is 9.86. The molecular formula is C25H33N5O3. The van der Waals surface area contributed by atoms with Crippen molar-refractivity contribution >= 4 is 17.1 Å². The van der Waals surface area contributed by atoms with Gasteiger partial charge in [-0.15, -0.1) is 0 Å². The van der Waals surface area contributed by atoms with Crippen molar-refractivity contribution in [2.75, 3.05) is 18.9 Å². The molecule has 0 spiro atoms. The van der Waals surface area contributed by atoms with Gasteiger partial charge in [-0.3, -0.25) is 0 Å². The summed E-state index contributed by atoms with van der Waals surface area (Å²) in [5, 5.41) is 0. The van der Waals surface area contributed by atoms with E-state index in [1.807, 2.05) is 45.3 Å². The molecule has 2 aromatic heterocycles. The van der Waals surface area contributed by atoms with E-state index in [2.05, 4.69) is 38.6 Å². The maximum absolute atomic E-state index is 6.39. The number of hydrogen-bond acceptors (Lipinski definition) is 7. The van der Waals surface area contributed by atoms with E-state index in [0.29, 0.717) is 31.7 Å². The number of nitrogens with zero attached hydrogens (tertiary/aromatic N) is 4. The molecule has 1 saturated heterocycles. The van der Waals surface area contributed by atoms with Gasteiger partial charge in [-0.2, -0.15) is 4.98 Å². The molecule has 33 heavy (non-hydrogen) atoms. The van der Waals surface area contributed by atoms with Crippen molar-refractivity contribution in [1.29, 1.82) is 0 Å². The first-order chi connectivity index (χ1) is 15.8. The predicted octanol–water partition coefficient (Wildman–Crippen LogP) is 3.90. The largest absolute Gasteiger partial charge is 0.376 e. The van der Waals surface area contributed by atoms with Crippen LogP contribution in [-0.2, 0) is 20.8 Å². The highest BCUT2D eigenvalue weighted by Gasteiger charge is 2.50. The molecule has 1 aromatic carbocycles. The number of hydrogen-bond donors (Lipinski definition) is 1. The lowest BCUT2D eigenvalue weighted by Crippen LogP contribution is -2.36. The Morgan fingerprint density at radius 2 is 2.00 bits per heavy atom. The van der Waals surface area contributed by atoms with Crippen LogP contribution < -0.4 is 5.73 Å². The highest BCUT2D eigenvalue weighted by atomic mass is 16.7. The summed E-state index contributed by atoms with van der Waals surface area (Å²) in [5.41, 5.74) is 9.55. The molecule has 1 aliphatic heterocycles. The summed E-state index contributed by atoms with van der Waals surface area (Å²) in [6.45, 7) is 10.0. The molecule has 2 aliphatic rings. The highest BCUT2D eigenvalue weighted by Crippen LogP contribution is 2.49. The van der Waals surface area contributed by atoms with Gasteiger partial charge in [0.05, 0.1) is 37.9 Å². The third kappa shape index (κ3) is 4.35. The molecule has 1 saturated carbocycles. The molecule has 3 aromatic rings. The van der Waals surface area contributed by atoms with E-state index in [1.54, 1.807) is 0 Å².